The van der Waals surface area contributed by atoms with E-state index in [1.807, 2.05) is 37.3 Å². The fraction of sp³-hybridized carbons (Fsp3) is 0.333. The first kappa shape index (κ1) is 32.5. The zero-order chi connectivity index (χ0) is 33.0. The van der Waals surface area contributed by atoms with Crippen molar-refractivity contribution in [3.8, 4) is 17.0 Å². The molecule has 1 saturated heterocycles. The highest BCUT2D eigenvalue weighted by Crippen LogP contribution is 2.37. The van der Waals surface area contributed by atoms with Crippen molar-refractivity contribution in [2.45, 2.75) is 32.1 Å². The molecule has 13 heteroatoms. The number of carbonyl (C=O) groups is 2. The largest absolute Gasteiger partial charge is 0.497 e. The van der Waals surface area contributed by atoms with Gasteiger partial charge >= 0.3 is 12.3 Å². The van der Waals surface area contributed by atoms with Gasteiger partial charge in [0, 0.05) is 43.3 Å². The number of hydrogen-bond acceptors (Lipinski definition) is 7. The molecule has 2 aromatic heterocycles. The molecule has 4 aromatic rings. The number of hydrogen-bond donors (Lipinski definition) is 1. The molecule has 0 unspecified atom stereocenters. The van der Waals surface area contributed by atoms with Crippen molar-refractivity contribution in [1.82, 2.24) is 29.7 Å². The van der Waals surface area contributed by atoms with E-state index in [1.54, 1.807) is 29.2 Å². The highest BCUT2D eigenvalue weighted by molar-refractivity contribution is 6.00. The number of aromatic nitrogens is 3. The molecule has 0 radical (unpaired) electrons. The normalized spacial score (nSPS) is 16.2. The van der Waals surface area contributed by atoms with Gasteiger partial charge in [0.1, 0.15) is 17.9 Å². The minimum absolute atomic E-state index is 0.0215. The summed E-state index contributed by atoms with van der Waals surface area (Å²) >= 11 is 0. The van der Waals surface area contributed by atoms with Gasteiger partial charge < -0.3 is 19.7 Å². The van der Waals surface area contributed by atoms with E-state index in [1.165, 1.54) is 20.1 Å². The van der Waals surface area contributed by atoms with Gasteiger partial charge in [0.2, 0.25) is 0 Å². The van der Waals surface area contributed by atoms with Crippen molar-refractivity contribution in [2.75, 3.05) is 39.9 Å². The summed E-state index contributed by atoms with van der Waals surface area (Å²) < 4.78 is 54.2. The Morgan fingerprint density at radius 2 is 1.85 bits per heavy atom. The molecular formula is C33H35F3N6O4. The maximum absolute atomic E-state index is 14.4. The highest BCUT2D eigenvalue weighted by atomic mass is 19.4. The number of alkyl carbamates (subject to hydrolysis) is 1. The number of nitrogens with zero attached hydrogens (tertiary/aromatic N) is 5. The van der Waals surface area contributed by atoms with Crippen LogP contribution in [0.4, 0.5) is 18.0 Å². The number of halogens is 3. The molecule has 3 heterocycles. The van der Waals surface area contributed by atoms with E-state index in [2.05, 4.69) is 26.9 Å². The van der Waals surface area contributed by atoms with Crippen LogP contribution in [-0.2, 0) is 10.9 Å². The highest BCUT2D eigenvalue weighted by Gasteiger charge is 2.40. The number of piperazine rings is 1. The number of benzene rings is 2. The van der Waals surface area contributed by atoms with Crippen molar-refractivity contribution < 1.29 is 32.2 Å². The predicted octanol–water partition coefficient (Wildman–Crippen LogP) is 5.53. The standard InChI is InChI=1S/C33H35F3N6O4/c1-5-17-46-32(44)37-19-27(23-9-7-6-8-10-23)40-15-16-41(21(2)20-40)31(43)26-18-38-42-29(33(34,35)36)22(3)28(39-30(26)42)24-11-13-25(45-4)14-12-24/h5-14,18,21,27H,1,15-17,19-20H2,2-4H3,(H,37,44)/t21-,27-/m1/s1. The first-order chi connectivity index (χ1) is 22.0. The number of rotatable bonds is 9. The van der Waals surface area contributed by atoms with Gasteiger partial charge in [0.15, 0.2) is 11.3 Å². The van der Waals surface area contributed by atoms with Gasteiger partial charge in [-0.3, -0.25) is 9.69 Å². The number of methoxy groups -OCH3 is 1. The average Bonchev–Trinajstić information content (AvgIpc) is 3.46. The summed E-state index contributed by atoms with van der Waals surface area (Å²) in [6.45, 7) is 8.33. The van der Waals surface area contributed by atoms with E-state index in [4.69, 9.17) is 9.47 Å². The van der Waals surface area contributed by atoms with Crippen LogP contribution in [0.2, 0.25) is 0 Å². The van der Waals surface area contributed by atoms with Crippen molar-refractivity contribution >= 4 is 17.6 Å². The summed E-state index contributed by atoms with van der Waals surface area (Å²) in [5, 5.41) is 6.79. The van der Waals surface area contributed by atoms with E-state index < -0.39 is 23.9 Å². The molecule has 2 amide bonds. The lowest BCUT2D eigenvalue weighted by molar-refractivity contribution is -0.143. The molecule has 0 saturated carbocycles. The van der Waals surface area contributed by atoms with Crippen LogP contribution in [0.25, 0.3) is 16.9 Å². The lowest BCUT2D eigenvalue weighted by Gasteiger charge is -2.43. The lowest BCUT2D eigenvalue weighted by Crippen LogP contribution is -2.55. The van der Waals surface area contributed by atoms with E-state index in [-0.39, 0.29) is 47.7 Å². The van der Waals surface area contributed by atoms with E-state index >= 15 is 0 Å². The van der Waals surface area contributed by atoms with Gasteiger partial charge in [-0.15, -0.1) is 0 Å². The topological polar surface area (TPSA) is 101 Å². The lowest BCUT2D eigenvalue weighted by atomic mass is 10.0. The van der Waals surface area contributed by atoms with Crippen LogP contribution < -0.4 is 10.1 Å². The quantitative estimate of drug-likeness (QED) is 0.241. The Labute approximate surface area is 264 Å². The van der Waals surface area contributed by atoms with Crippen LogP contribution in [0.5, 0.6) is 5.75 Å². The van der Waals surface area contributed by atoms with Crippen molar-refractivity contribution in [3.05, 3.63) is 95.8 Å². The summed E-state index contributed by atoms with van der Waals surface area (Å²) in [4.78, 5) is 34.5. The average molecular weight is 637 g/mol. The van der Waals surface area contributed by atoms with Crippen LogP contribution in [-0.4, -0.2) is 82.3 Å². The smallest absolute Gasteiger partial charge is 0.433 e. The zero-order valence-electron chi connectivity index (χ0n) is 25.8. The second kappa shape index (κ2) is 13.6. The summed E-state index contributed by atoms with van der Waals surface area (Å²) in [6.07, 6.45) is -2.68. The van der Waals surface area contributed by atoms with Crippen LogP contribution in [0.1, 0.15) is 40.1 Å². The number of amides is 2. The molecule has 5 rings (SSSR count). The van der Waals surface area contributed by atoms with Gasteiger partial charge in [-0.2, -0.15) is 18.3 Å². The molecule has 0 aliphatic carbocycles. The number of alkyl halides is 3. The van der Waals surface area contributed by atoms with Gasteiger partial charge in [-0.05, 0) is 43.7 Å². The van der Waals surface area contributed by atoms with E-state index in [0.29, 0.717) is 35.5 Å². The van der Waals surface area contributed by atoms with Crippen molar-refractivity contribution in [3.63, 3.8) is 0 Å². The fourth-order valence-electron chi connectivity index (χ4n) is 5.81. The molecule has 1 aliphatic heterocycles. The SMILES string of the molecule is C=CCOC(=O)NC[C@H](c1ccccc1)N1CCN(C(=O)c2cnn3c(C(F)(F)F)c(C)c(-c4ccc(OC)cc4)nc23)[C@H](C)C1. The predicted molar refractivity (Wildman–Crippen MR) is 166 cm³/mol. The fourth-order valence-corrected chi connectivity index (χ4v) is 5.81. The van der Waals surface area contributed by atoms with Gasteiger partial charge in [-0.25, -0.2) is 14.3 Å². The third-order valence-electron chi connectivity index (χ3n) is 8.06. The molecule has 1 aliphatic rings. The molecule has 242 valence electrons. The van der Waals surface area contributed by atoms with Crippen LogP contribution in [0.3, 0.4) is 0 Å². The molecule has 0 bridgehead atoms. The zero-order valence-corrected chi connectivity index (χ0v) is 25.8. The Morgan fingerprint density at radius 1 is 1.13 bits per heavy atom. The third-order valence-corrected chi connectivity index (χ3v) is 8.06. The monoisotopic (exact) mass is 636 g/mol. The minimum atomic E-state index is -4.75. The number of nitrogens with one attached hydrogen (secondary N) is 1. The van der Waals surface area contributed by atoms with Crippen molar-refractivity contribution in [2.24, 2.45) is 0 Å². The van der Waals surface area contributed by atoms with E-state index in [9.17, 15) is 22.8 Å². The number of fused-ring (bicyclic) bond motifs is 1. The van der Waals surface area contributed by atoms with Crippen molar-refractivity contribution in [1.29, 1.82) is 0 Å². The first-order valence-corrected chi connectivity index (χ1v) is 14.7. The Kier molecular flexibility index (Phi) is 9.61. The molecule has 46 heavy (non-hydrogen) atoms. The second-order valence-electron chi connectivity index (χ2n) is 11.0. The maximum Gasteiger partial charge on any atom is 0.433 e. The minimum Gasteiger partial charge on any atom is -0.497 e. The second-order valence-corrected chi connectivity index (χ2v) is 11.0. The van der Waals surface area contributed by atoms with Gasteiger partial charge in [0.05, 0.1) is 25.0 Å². The first-order valence-electron chi connectivity index (χ1n) is 14.7. The van der Waals surface area contributed by atoms with E-state index in [0.717, 1.165) is 11.8 Å². The molecule has 0 spiro atoms. The Hall–Kier alpha value is -4.91. The molecule has 2 atom stereocenters. The third kappa shape index (κ3) is 6.69. The van der Waals surface area contributed by atoms with Gasteiger partial charge in [-0.1, -0.05) is 43.0 Å². The Bertz CT molecular complexity index is 1710. The number of ether oxygens (including phenoxy) is 2. The Balaban J connectivity index is 1.43. The maximum atomic E-state index is 14.4. The summed E-state index contributed by atoms with van der Waals surface area (Å²) in [5.74, 6) is 0.0829. The van der Waals surface area contributed by atoms with Gasteiger partial charge in [0.25, 0.3) is 5.91 Å². The number of carbonyl (C=O) groups excluding carboxylic acids is 2. The summed E-state index contributed by atoms with van der Waals surface area (Å²) in [6, 6.07) is 15.7. The Morgan fingerprint density at radius 3 is 2.48 bits per heavy atom. The molecule has 10 nitrogen and oxygen atoms in total. The molecule has 2 aromatic carbocycles. The molecule has 1 N–H and O–H groups in total. The summed E-state index contributed by atoms with van der Waals surface area (Å²) in [5.41, 5.74) is 0.223. The molecule has 1 fully saturated rings. The summed E-state index contributed by atoms with van der Waals surface area (Å²) in [7, 11) is 1.50. The van der Waals surface area contributed by atoms with Crippen LogP contribution >= 0.6 is 0 Å². The van der Waals surface area contributed by atoms with Crippen LogP contribution in [0, 0.1) is 6.92 Å². The molecular weight excluding hydrogens is 601 g/mol. The van der Waals surface area contributed by atoms with Crippen LogP contribution in [0.15, 0.2) is 73.4 Å².